The third-order valence-corrected chi connectivity index (χ3v) is 3.54. The molecule has 0 bridgehead atoms. The number of hydrogen-bond acceptors (Lipinski definition) is 2. The standard InChI is InChI=1S/C9H21O3PS/c1-2-3-4-6-9(14)7-5-8-13(10,11)12/h9,14H,2-8H2,1H3,(H2,10,11,12). The molecule has 5 heteroatoms. The van der Waals surface area contributed by atoms with Gasteiger partial charge in [0.25, 0.3) is 0 Å². The molecule has 0 fully saturated rings. The van der Waals surface area contributed by atoms with Crippen LogP contribution in [0.3, 0.4) is 0 Å². The molecule has 1 unspecified atom stereocenters. The van der Waals surface area contributed by atoms with Crippen LogP contribution in [-0.4, -0.2) is 21.2 Å². The molecule has 0 spiro atoms. The van der Waals surface area contributed by atoms with Crippen molar-refractivity contribution in [1.82, 2.24) is 0 Å². The van der Waals surface area contributed by atoms with Gasteiger partial charge in [-0.2, -0.15) is 12.6 Å². The summed E-state index contributed by atoms with van der Waals surface area (Å²) < 4.78 is 10.5. The highest BCUT2D eigenvalue weighted by atomic mass is 32.1. The summed E-state index contributed by atoms with van der Waals surface area (Å²) in [6.45, 7) is 2.15. The number of thiol groups is 1. The first kappa shape index (κ1) is 14.5. The van der Waals surface area contributed by atoms with E-state index in [2.05, 4.69) is 19.6 Å². The molecular weight excluding hydrogens is 219 g/mol. The molecule has 0 aliphatic heterocycles. The van der Waals surface area contributed by atoms with Crippen molar-refractivity contribution in [3.05, 3.63) is 0 Å². The van der Waals surface area contributed by atoms with E-state index in [4.69, 9.17) is 9.79 Å². The lowest BCUT2D eigenvalue weighted by Crippen LogP contribution is -2.00. The normalized spacial score (nSPS) is 14.3. The van der Waals surface area contributed by atoms with Gasteiger partial charge in [-0.15, -0.1) is 0 Å². The summed E-state index contributed by atoms with van der Waals surface area (Å²) in [6.07, 6.45) is 6.01. The van der Waals surface area contributed by atoms with E-state index in [1.807, 2.05) is 0 Å². The summed E-state index contributed by atoms with van der Waals surface area (Å²) in [7, 11) is -3.79. The summed E-state index contributed by atoms with van der Waals surface area (Å²) in [6, 6.07) is 0. The quantitative estimate of drug-likeness (QED) is 0.347. The lowest BCUT2D eigenvalue weighted by molar-refractivity contribution is 0.371. The average Bonchev–Trinajstić information content (AvgIpc) is 2.02. The Morgan fingerprint density at radius 2 is 1.79 bits per heavy atom. The van der Waals surface area contributed by atoms with Gasteiger partial charge in [0, 0.05) is 11.4 Å². The van der Waals surface area contributed by atoms with E-state index < -0.39 is 7.60 Å². The minimum absolute atomic E-state index is 0.00215. The SMILES string of the molecule is CCCCCC(S)CCCP(=O)(O)O. The van der Waals surface area contributed by atoms with Crippen molar-refractivity contribution in [3.63, 3.8) is 0 Å². The molecule has 0 saturated carbocycles. The van der Waals surface area contributed by atoms with Crippen LogP contribution in [0.4, 0.5) is 0 Å². The fraction of sp³-hybridized carbons (Fsp3) is 1.00. The van der Waals surface area contributed by atoms with Crippen LogP contribution < -0.4 is 0 Å². The van der Waals surface area contributed by atoms with Crippen molar-refractivity contribution < 1.29 is 14.4 Å². The number of unbranched alkanes of at least 4 members (excludes halogenated alkanes) is 2. The van der Waals surface area contributed by atoms with Gasteiger partial charge < -0.3 is 9.79 Å². The molecule has 0 saturated heterocycles. The summed E-state index contributed by atoms with van der Waals surface area (Å²) in [5, 5.41) is 0.299. The Balaban J connectivity index is 3.35. The molecule has 0 heterocycles. The van der Waals surface area contributed by atoms with Crippen LogP contribution in [0.5, 0.6) is 0 Å². The first-order valence-electron chi connectivity index (χ1n) is 5.18. The van der Waals surface area contributed by atoms with E-state index in [0.717, 1.165) is 12.8 Å². The van der Waals surface area contributed by atoms with Gasteiger partial charge in [-0.1, -0.05) is 26.2 Å². The molecule has 0 aromatic rings. The van der Waals surface area contributed by atoms with Crippen LogP contribution in [0.2, 0.25) is 0 Å². The summed E-state index contributed by atoms with van der Waals surface area (Å²) in [5.74, 6) is 0. The molecule has 0 aliphatic carbocycles. The van der Waals surface area contributed by atoms with Gasteiger partial charge in [-0.25, -0.2) is 0 Å². The zero-order valence-electron chi connectivity index (χ0n) is 8.72. The lowest BCUT2D eigenvalue weighted by Gasteiger charge is -2.10. The largest absolute Gasteiger partial charge is 0.325 e. The first-order chi connectivity index (χ1) is 6.45. The Bertz CT molecular complexity index is 181. The highest BCUT2D eigenvalue weighted by Gasteiger charge is 2.13. The number of hydrogen-bond donors (Lipinski definition) is 3. The molecule has 3 nitrogen and oxygen atoms in total. The monoisotopic (exact) mass is 240 g/mol. The van der Waals surface area contributed by atoms with Gasteiger partial charge in [-0.3, -0.25) is 4.57 Å². The van der Waals surface area contributed by atoms with Gasteiger partial charge in [0.15, 0.2) is 0 Å². The average molecular weight is 240 g/mol. The summed E-state index contributed by atoms with van der Waals surface area (Å²) in [5.41, 5.74) is 0. The van der Waals surface area contributed by atoms with E-state index in [1.54, 1.807) is 0 Å². The van der Waals surface area contributed by atoms with E-state index >= 15 is 0 Å². The molecule has 86 valence electrons. The highest BCUT2D eigenvalue weighted by molar-refractivity contribution is 7.80. The van der Waals surface area contributed by atoms with Crippen molar-refractivity contribution in [2.45, 2.75) is 50.7 Å². The van der Waals surface area contributed by atoms with Gasteiger partial charge in [0.05, 0.1) is 0 Å². The van der Waals surface area contributed by atoms with E-state index in [-0.39, 0.29) is 6.16 Å². The van der Waals surface area contributed by atoms with E-state index in [0.29, 0.717) is 11.7 Å². The van der Waals surface area contributed by atoms with Crippen molar-refractivity contribution in [3.8, 4) is 0 Å². The summed E-state index contributed by atoms with van der Waals surface area (Å²) >= 11 is 4.38. The third kappa shape index (κ3) is 10.6. The zero-order chi connectivity index (χ0) is 11.0. The van der Waals surface area contributed by atoms with Crippen molar-refractivity contribution in [2.24, 2.45) is 0 Å². The Labute approximate surface area is 91.9 Å². The van der Waals surface area contributed by atoms with Crippen molar-refractivity contribution in [1.29, 1.82) is 0 Å². The molecule has 2 N–H and O–H groups in total. The molecule has 0 aliphatic rings. The molecule has 14 heavy (non-hydrogen) atoms. The van der Waals surface area contributed by atoms with Crippen molar-refractivity contribution >= 4 is 20.2 Å². The maximum absolute atomic E-state index is 10.5. The maximum atomic E-state index is 10.5. The topological polar surface area (TPSA) is 57.5 Å². The Morgan fingerprint density at radius 1 is 1.21 bits per heavy atom. The predicted molar refractivity (Wildman–Crippen MR) is 63.1 cm³/mol. The van der Waals surface area contributed by atoms with Crippen LogP contribution in [-0.2, 0) is 4.57 Å². The Hall–Kier alpha value is 0.500. The van der Waals surface area contributed by atoms with Crippen LogP contribution in [0.1, 0.15) is 45.4 Å². The van der Waals surface area contributed by atoms with E-state index in [1.165, 1.54) is 19.3 Å². The molecule has 0 aromatic carbocycles. The van der Waals surface area contributed by atoms with Gasteiger partial charge in [0.2, 0.25) is 0 Å². The Kier molecular flexibility index (Phi) is 8.02. The highest BCUT2D eigenvalue weighted by Crippen LogP contribution is 2.35. The van der Waals surface area contributed by atoms with Gasteiger partial charge in [0.1, 0.15) is 0 Å². The second-order valence-electron chi connectivity index (χ2n) is 3.68. The second-order valence-corrected chi connectivity index (χ2v) is 6.19. The Morgan fingerprint density at radius 3 is 2.29 bits per heavy atom. The lowest BCUT2D eigenvalue weighted by atomic mass is 10.1. The molecule has 1 atom stereocenters. The minimum atomic E-state index is -3.79. The molecule has 0 rings (SSSR count). The first-order valence-corrected chi connectivity index (χ1v) is 7.49. The molecule has 0 radical (unpaired) electrons. The fourth-order valence-electron chi connectivity index (χ4n) is 1.31. The second kappa shape index (κ2) is 7.75. The third-order valence-electron chi connectivity index (χ3n) is 2.13. The fourth-order valence-corrected chi connectivity index (χ4v) is 2.27. The molecular formula is C9H21O3PS. The van der Waals surface area contributed by atoms with Gasteiger partial charge >= 0.3 is 7.60 Å². The zero-order valence-corrected chi connectivity index (χ0v) is 10.5. The van der Waals surface area contributed by atoms with Crippen LogP contribution in [0, 0.1) is 0 Å². The molecule has 0 aromatic heterocycles. The van der Waals surface area contributed by atoms with Crippen LogP contribution >= 0.6 is 20.2 Å². The number of rotatable bonds is 8. The smallest absolute Gasteiger partial charge is 0.324 e. The minimum Gasteiger partial charge on any atom is -0.324 e. The summed E-state index contributed by atoms with van der Waals surface area (Å²) in [4.78, 5) is 17.3. The van der Waals surface area contributed by atoms with E-state index in [9.17, 15) is 4.57 Å². The van der Waals surface area contributed by atoms with Gasteiger partial charge in [-0.05, 0) is 19.3 Å². The maximum Gasteiger partial charge on any atom is 0.325 e. The van der Waals surface area contributed by atoms with Crippen LogP contribution in [0.25, 0.3) is 0 Å². The van der Waals surface area contributed by atoms with Crippen molar-refractivity contribution in [2.75, 3.05) is 6.16 Å². The predicted octanol–water partition coefficient (Wildman–Crippen LogP) is 2.82. The molecule has 0 amide bonds. The van der Waals surface area contributed by atoms with Crippen LogP contribution in [0.15, 0.2) is 0 Å².